The summed E-state index contributed by atoms with van der Waals surface area (Å²) in [6.45, 7) is 4.35. The maximum Gasteiger partial charge on any atom is 0.309 e. The van der Waals surface area contributed by atoms with Crippen LogP contribution in [0, 0.1) is 5.41 Å². The van der Waals surface area contributed by atoms with E-state index in [0.717, 1.165) is 31.0 Å². The van der Waals surface area contributed by atoms with Crippen molar-refractivity contribution in [2.45, 2.75) is 46.2 Å². The first-order chi connectivity index (χ1) is 9.31. The lowest BCUT2D eigenvalue weighted by Gasteiger charge is -2.23. The van der Waals surface area contributed by atoms with E-state index in [1.54, 1.807) is 20.9 Å². The van der Waals surface area contributed by atoms with Gasteiger partial charge in [-0.1, -0.05) is 0 Å². The SMILES string of the molecule is CN(Cc1nnc2n1CCC2)C(=O)CC(C)(C)C(=O)O. The molecule has 1 aromatic rings. The van der Waals surface area contributed by atoms with E-state index in [4.69, 9.17) is 5.11 Å². The summed E-state index contributed by atoms with van der Waals surface area (Å²) in [5, 5.41) is 17.2. The highest BCUT2D eigenvalue weighted by atomic mass is 16.4. The molecule has 0 saturated carbocycles. The summed E-state index contributed by atoms with van der Waals surface area (Å²) in [6, 6.07) is 0. The Bertz CT molecular complexity index is 536. The number of aliphatic carboxylic acids is 1. The van der Waals surface area contributed by atoms with Crippen LogP contribution in [0.3, 0.4) is 0 Å². The minimum atomic E-state index is -1.06. The van der Waals surface area contributed by atoms with Crippen molar-refractivity contribution in [2.24, 2.45) is 5.41 Å². The number of hydrogen-bond donors (Lipinski definition) is 1. The molecule has 0 atom stereocenters. The fourth-order valence-corrected chi connectivity index (χ4v) is 2.22. The summed E-state index contributed by atoms with van der Waals surface area (Å²) in [5.41, 5.74) is -1.06. The fraction of sp³-hybridized carbons (Fsp3) is 0.692. The molecule has 0 spiro atoms. The molecular weight excluding hydrogens is 260 g/mol. The number of carboxylic acids is 1. The predicted molar refractivity (Wildman–Crippen MR) is 70.9 cm³/mol. The second-order valence-corrected chi connectivity index (χ2v) is 5.90. The fourth-order valence-electron chi connectivity index (χ4n) is 2.22. The standard InChI is InChI=1S/C13H20N4O3/c1-13(2,12(19)20)7-11(18)16(3)8-10-15-14-9-5-4-6-17(9)10/h4-8H2,1-3H3,(H,19,20). The van der Waals surface area contributed by atoms with Crippen molar-refractivity contribution in [1.82, 2.24) is 19.7 Å². The first-order valence-electron chi connectivity index (χ1n) is 6.69. The monoisotopic (exact) mass is 280 g/mol. The first-order valence-corrected chi connectivity index (χ1v) is 6.69. The average molecular weight is 280 g/mol. The van der Waals surface area contributed by atoms with Crippen LogP contribution in [0.15, 0.2) is 0 Å². The molecule has 0 fully saturated rings. The third-order valence-corrected chi connectivity index (χ3v) is 3.66. The van der Waals surface area contributed by atoms with Crippen molar-refractivity contribution in [3.8, 4) is 0 Å². The van der Waals surface area contributed by atoms with E-state index in [-0.39, 0.29) is 12.3 Å². The van der Waals surface area contributed by atoms with E-state index < -0.39 is 11.4 Å². The quantitative estimate of drug-likeness (QED) is 0.857. The van der Waals surface area contributed by atoms with E-state index in [1.165, 1.54) is 4.90 Å². The van der Waals surface area contributed by atoms with Gasteiger partial charge in [0.1, 0.15) is 5.82 Å². The number of nitrogens with zero attached hydrogens (tertiary/aromatic N) is 4. The number of carboxylic acid groups (broad SMARTS) is 1. The molecule has 110 valence electrons. The second kappa shape index (κ2) is 5.22. The van der Waals surface area contributed by atoms with Gasteiger partial charge < -0.3 is 14.6 Å². The minimum Gasteiger partial charge on any atom is -0.481 e. The number of rotatable bonds is 5. The number of hydrogen-bond acceptors (Lipinski definition) is 4. The molecule has 0 radical (unpaired) electrons. The van der Waals surface area contributed by atoms with Gasteiger partial charge in [0.05, 0.1) is 12.0 Å². The molecule has 1 aromatic heterocycles. The van der Waals surface area contributed by atoms with Crippen LogP contribution >= 0.6 is 0 Å². The van der Waals surface area contributed by atoms with Gasteiger partial charge in [-0.15, -0.1) is 10.2 Å². The van der Waals surface area contributed by atoms with Crippen LogP contribution in [0.25, 0.3) is 0 Å². The molecule has 1 N–H and O–H groups in total. The Kier molecular flexibility index (Phi) is 3.78. The molecule has 7 nitrogen and oxygen atoms in total. The van der Waals surface area contributed by atoms with E-state index in [0.29, 0.717) is 6.54 Å². The Morgan fingerprint density at radius 2 is 2.10 bits per heavy atom. The lowest BCUT2D eigenvalue weighted by molar-refractivity contribution is -0.151. The van der Waals surface area contributed by atoms with Gasteiger partial charge in [0.15, 0.2) is 5.82 Å². The van der Waals surface area contributed by atoms with Crippen LogP contribution in [0.2, 0.25) is 0 Å². The van der Waals surface area contributed by atoms with Crippen molar-refractivity contribution in [3.05, 3.63) is 11.6 Å². The molecule has 0 saturated heterocycles. The van der Waals surface area contributed by atoms with Crippen molar-refractivity contribution in [1.29, 1.82) is 0 Å². The Balaban J connectivity index is 1.99. The molecule has 0 aliphatic carbocycles. The van der Waals surface area contributed by atoms with Crippen LogP contribution in [0.4, 0.5) is 0 Å². The van der Waals surface area contributed by atoms with Gasteiger partial charge in [0, 0.05) is 26.4 Å². The van der Waals surface area contributed by atoms with E-state index in [2.05, 4.69) is 10.2 Å². The maximum atomic E-state index is 12.1. The average Bonchev–Trinajstić information content (AvgIpc) is 2.93. The van der Waals surface area contributed by atoms with E-state index in [1.807, 2.05) is 4.57 Å². The van der Waals surface area contributed by atoms with Crippen molar-refractivity contribution in [2.75, 3.05) is 7.05 Å². The molecule has 1 amide bonds. The second-order valence-electron chi connectivity index (χ2n) is 5.90. The van der Waals surface area contributed by atoms with Crippen molar-refractivity contribution in [3.63, 3.8) is 0 Å². The lowest BCUT2D eigenvalue weighted by atomic mass is 9.89. The summed E-state index contributed by atoms with van der Waals surface area (Å²) in [5.74, 6) is 0.559. The zero-order chi connectivity index (χ0) is 14.9. The zero-order valence-electron chi connectivity index (χ0n) is 12.1. The molecule has 7 heteroatoms. The van der Waals surface area contributed by atoms with Gasteiger partial charge in [-0.2, -0.15) is 0 Å². The van der Waals surface area contributed by atoms with Crippen molar-refractivity contribution >= 4 is 11.9 Å². The van der Waals surface area contributed by atoms with Gasteiger partial charge in [0.25, 0.3) is 0 Å². The number of carbonyl (C=O) groups excluding carboxylic acids is 1. The Morgan fingerprint density at radius 1 is 1.40 bits per heavy atom. The van der Waals surface area contributed by atoms with Gasteiger partial charge >= 0.3 is 5.97 Å². The normalized spacial score (nSPS) is 14.2. The summed E-state index contributed by atoms with van der Waals surface area (Å²) in [4.78, 5) is 24.7. The van der Waals surface area contributed by atoms with Gasteiger partial charge in [-0.05, 0) is 20.3 Å². The molecule has 2 rings (SSSR count). The van der Waals surface area contributed by atoms with Crippen LogP contribution in [-0.4, -0.2) is 43.7 Å². The third kappa shape index (κ3) is 2.81. The zero-order valence-corrected chi connectivity index (χ0v) is 12.1. The highest BCUT2D eigenvalue weighted by molar-refractivity contribution is 5.84. The molecule has 20 heavy (non-hydrogen) atoms. The predicted octanol–water partition coefficient (Wildman–Crippen LogP) is 0.684. The summed E-state index contributed by atoms with van der Waals surface area (Å²) < 4.78 is 2.03. The molecule has 1 aliphatic rings. The molecular formula is C13H20N4O3. The molecule has 1 aliphatic heterocycles. The lowest BCUT2D eigenvalue weighted by Crippen LogP contribution is -2.35. The first kappa shape index (κ1) is 14.5. The van der Waals surface area contributed by atoms with E-state index >= 15 is 0 Å². The van der Waals surface area contributed by atoms with E-state index in [9.17, 15) is 9.59 Å². The number of amides is 1. The Hall–Kier alpha value is -1.92. The number of fused-ring (bicyclic) bond motifs is 1. The summed E-state index contributed by atoms with van der Waals surface area (Å²) in [6.07, 6.45) is 1.96. The highest BCUT2D eigenvalue weighted by Crippen LogP contribution is 2.22. The van der Waals surface area contributed by atoms with Crippen LogP contribution < -0.4 is 0 Å². The van der Waals surface area contributed by atoms with Gasteiger partial charge in [-0.25, -0.2) is 0 Å². The van der Waals surface area contributed by atoms with Gasteiger partial charge in [0.2, 0.25) is 5.91 Å². The van der Waals surface area contributed by atoms with Crippen LogP contribution in [0.1, 0.15) is 38.3 Å². The molecule has 0 bridgehead atoms. The molecule has 2 heterocycles. The summed E-state index contributed by atoms with van der Waals surface area (Å²) >= 11 is 0. The topological polar surface area (TPSA) is 88.3 Å². The molecule has 0 unspecified atom stereocenters. The smallest absolute Gasteiger partial charge is 0.309 e. The number of aryl methyl sites for hydroxylation is 1. The maximum absolute atomic E-state index is 12.1. The third-order valence-electron chi connectivity index (χ3n) is 3.66. The van der Waals surface area contributed by atoms with Crippen LogP contribution in [0.5, 0.6) is 0 Å². The van der Waals surface area contributed by atoms with Gasteiger partial charge in [-0.3, -0.25) is 9.59 Å². The largest absolute Gasteiger partial charge is 0.481 e. The molecule has 0 aromatic carbocycles. The Morgan fingerprint density at radius 3 is 2.75 bits per heavy atom. The summed E-state index contributed by atoms with van der Waals surface area (Å²) in [7, 11) is 1.66. The number of aromatic nitrogens is 3. The van der Waals surface area contributed by atoms with Crippen molar-refractivity contribution < 1.29 is 14.7 Å². The Labute approximate surface area is 117 Å². The number of carbonyl (C=O) groups is 2. The van der Waals surface area contributed by atoms with Crippen LogP contribution in [-0.2, 0) is 29.1 Å². The highest BCUT2D eigenvalue weighted by Gasteiger charge is 2.31. The minimum absolute atomic E-state index is 0.0279.